The Bertz CT molecular complexity index is 1160. The first kappa shape index (κ1) is 21.8. The van der Waals surface area contributed by atoms with Crippen molar-refractivity contribution in [2.75, 3.05) is 0 Å². The molecule has 3 aromatic rings. The molecule has 0 fully saturated rings. The van der Waals surface area contributed by atoms with E-state index in [0.29, 0.717) is 18.7 Å². The molecule has 1 aromatic heterocycles. The lowest BCUT2D eigenvalue weighted by atomic mass is 9.89. The van der Waals surface area contributed by atoms with Crippen molar-refractivity contribution in [3.63, 3.8) is 0 Å². The number of hydrogen-bond donors (Lipinski definition) is 1. The van der Waals surface area contributed by atoms with Crippen LogP contribution in [0.15, 0.2) is 71.7 Å². The van der Waals surface area contributed by atoms with Crippen LogP contribution in [0.25, 0.3) is 0 Å². The summed E-state index contributed by atoms with van der Waals surface area (Å²) in [5.74, 6) is -0.106. The number of hydrogen-bond acceptors (Lipinski definition) is 3. The van der Waals surface area contributed by atoms with Gasteiger partial charge in [0, 0.05) is 37.2 Å². The van der Waals surface area contributed by atoms with Crippen LogP contribution in [0.1, 0.15) is 58.3 Å². The van der Waals surface area contributed by atoms with Crippen molar-refractivity contribution < 1.29 is 9.59 Å². The monoisotopic (exact) mass is 428 g/mol. The SMILES string of the molecule is O=C(CCC(=O)c1ccc2c(c1)CCCC2)NCc1ccc(Cn2ccccc2=O)cc1. The van der Waals surface area contributed by atoms with Gasteiger partial charge in [-0.25, -0.2) is 0 Å². The molecule has 1 aliphatic rings. The molecule has 5 heteroatoms. The van der Waals surface area contributed by atoms with Crippen molar-refractivity contribution in [3.8, 4) is 0 Å². The molecule has 0 unspecified atom stereocenters. The van der Waals surface area contributed by atoms with Crippen LogP contribution in [0.2, 0.25) is 0 Å². The molecule has 1 aliphatic carbocycles. The van der Waals surface area contributed by atoms with Gasteiger partial charge in [-0.15, -0.1) is 0 Å². The molecule has 0 saturated carbocycles. The average Bonchev–Trinajstić information content (AvgIpc) is 2.83. The summed E-state index contributed by atoms with van der Waals surface area (Å²) < 4.78 is 1.65. The maximum Gasteiger partial charge on any atom is 0.250 e. The number of nitrogens with one attached hydrogen (secondary N) is 1. The average molecular weight is 429 g/mol. The molecule has 1 amide bonds. The van der Waals surface area contributed by atoms with E-state index in [-0.39, 0.29) is 30.1 Å². The smallest absolute Gasteiger partial charge is 0.250 e. The third-order valence-corrected chi connectivity index (χ3v) is 6.01. The number of fused-ring (bicyclic) bond motifs is 1. The van der Waals surface area contributed by atoms with Gasteiger partial charge in [0.2, 0.25) is 5.91 Å². The van der Waals surface area contributed by atoms with Gasteiger partial charge in [-0.05, 0) is 60.1 Å². The number of Topliss-reactive ketones (excluding diaryl/α,β-unsaturated/α-hetero) is 1. The minimum absolute atomic E-state index is 0.0223. The number of aryl methyl sites for hydroxylation is 2. The van der Waals surface area contributed by atoms with Gasteiger partial charge in [0.25, 0.3) is 5.56 Å². The van der Waals surface area contributed by atoms with E-state index >= 15 is 0 Å². The van der Waals surface area contributed by atoms with E-state index in [9.17, 15) is 14.4 Å². The van der Waals surface area contributed by atoms with Gasteiger partial charge in [-0.2, -0.15) is 0 Å². The standard InChI is InChI=1S/C27H28N2O3/c30-25(24-13-12-22-5-1-2-6-23(22)17-24)14-15-26(31)28-18-20-8-10-21(11-9-20)19-29-16-4-3-7-27(29)32/h3-4,7-13,16-17H,1-2,5-6,14-15,18-19H2,(H,28,31). The van der Waals surface area contributed by atoms with Crippen molar-refractivity contribution in [1.82, 2.24) is 9.88 Å². The number of rotatable bonds is 8. The third-order valence-electron chi connectivity index (χ3n) is 6.01. The highest BCUT2D eigenvalue weighted by Crippen LogP contribution is 2.23. The number of benzene rings is 2. The first-order chi connectivity index (χ1) is 15.6. The van der Waals surface area contributed by atoms with Crippen LogP contribution in [-0.4, -0.2) is 16.3 Å². The Balaban J connectivity index is 1.24. The minimum Gasteiger partial charge on any atom is -0.352 e. The molecular formula is C27H28N2O3. The van der Waals surface area contributed by atoms with Gasteiger partial charge in [-0.3, -0.25) is 14.4 Å². The van der Waals surface area contributed by atoms with Crippen molar-refractivity contribution in [3.05, 3.63) is 105 Å². The van der Waals surface area contributed by atoms with Crippen LogP contribution >= 0.6 is 0 Å². The highest BCUT2D eigenvalue weighted by Gasteiger charge is 2.14. The molecule has 4 rings (SSSR count). The molecule has 1 heterocycles. The molecule has 0 bridgehead atoms. The van der Waals surface area contributed by atoms with E-state index in [0.717, 1.165) is 24.0 Å². The highest BCUT2D eigenvalue weighted by atomic mass is 16.2. The molecule has 32 heavy (non-hydrogen) atoms. The first-order valence-corrected chi connectivity index (χ1v) is 11.2. The third kappa shape index (κ3) is 5.61. The second-order valence-electron chi connectivity index (χ2n) is 8.37. The number of aromatic nitrogens is 1. The number of carbonyl (C=O) groups is 2. The lowest BCUT2D eigenvalue weighted by molar-refractivity contribution is -0.121. The van der Waals surface area contributed by atoms with Gasteiger partial charge in [0.1, 0.15) is 0 Å². The fraction of sp³-hybridized carbons (Fsp3) is 0.296. The molecule has 2 aromatic carbocycles. The molecule has 164 valence electrons. The normalized spacial score (nSPS) is 12.8. The van der Waals surface area contributed by atoms with Gasteiger partial charge in [0.15, 0.2) is 5.78 Å². The van der Waals surface area contributed by atoms with E-state index in [4.69, 9.17) is 0 Å². The lowest BCUT2D eigenvalue weighted by Gasteiger charge is -2.16. The molecule has 0 aliphatic heterocycles. The predicted octanol–water partition coefficient (Wildman–Crippen LogP) is 4.05. The summed E-state index contributed by atoms with van der Waals surface area (Å²) in [6.07, 6.45) is 6.70. The van der Waals surface area contributed by atoms with Gasteiger partial charge in [0.05, 0.1) is 6.54 Å². The number of pyridine rings is 1. The summed E-state index contributed by atoms with van der Waals surface area (Å²) >= 11 is 0. The number of nitrogens with zero attached hydrogens (tertiary/aromatic N) is 1. The topological polar surface area (TPSA) is 68.2 Å². The van der Waals surface area contributed by atoms with Crippen LogP contribution in [0.5, 0.6) is 0 Å². The second-order valence-corrected chi connectivity index (χ2v) is 8.37. The van der Waals surface area contributed by atoms with E-state index in [1.165, 1.54) is 24.0 Å². The molecule has 0 spiro atoms. The summed E-state index contributed by atoms with van der Waals surface area (Å²) in [7, 11) is 0. The molecule has 0 radical (unpaired) electrons. The van der Waals surface area contributed by atoms with Gasteiger partial charge < -0.3 is 9.88 Å². The summed E-state index contributed by atoms with van der Waals surface area (Å²) in [5, 5.41) is 2.89. The van der Waals surface area contributed by atoms with Gasteiger partial charge >= 0.3 is 0 Å². The van der Waals surface area contributed by atoms with E-state index < -0.39 is 0 Å². The molecule has 1 N–H and O–H groups in total. The molecular weight excluding hydrogens is 400 g/mol. The van der Waals surface area contributed by atoms with Crippen LogP contribution < -0.4 is 10.9 Å². The first-order valence-electron chi connectivity index (χ1n) is 11.2. The lowest BCUT2D eigenvalue weighted by Crippen LogP contribution is -2.23. The second kappa shape index (κ2) is 10.2. The Morgan fingerprint density at radius 1 is 0.844 bits per heavy atom. The zero-order valence-corrected chi connectivity index (χ0v) is 18.2. The van der Waals surface area contributed by atoms with Crippen LogP contribution in [-0.2, 0) is 30.7 Å². The summed E-state index contributed by atoms with van der Waals surface area (Å²) in [6.45, 7) is 0.925. The van der Waals surface area contributed by atoms with E-state index in [1.54, 1.807) is 22.9 Å². The van der Waals surface area contributed by atoms with Crippen molar-refractivity contribution in [2.45, 2.75) is 51.6 Å². The maximum atomic E-state index is 12.5. The molecule has 0 atom stereocenters. The number of carbonyl (C=O) groups excluding carboxylic acids is 2. The fourth-order valence-corrected chi connectivity index (χ4v) is 4.12. The Morgan fingerprint density at radius 2 is 1.59 bits per heavy atom. The quantitative estimate of drug-likeness (QED) is 0.550. The summed E-state index contributed by atoms with van der Waals surface area (Å²) in [6, 6.07) is 18.9. The summed E-state index contributed by atoms with van der Waals surface area (Å²) in [5.41, 5.74) is 5.31. The largest absolute Gasteiger partial charge is 0.352 e. The fourth-order valence-electron chi connectivity index (χ4n) is 4.12. The Labute approximate surface area is 188 Å². The maximum absolute atomic E-state index is 12.5. The van der Waals surface area contributed by atoms with Crippen molar-refractivity contribution >= 4 is 11.7 Å². The highest BCUT2D eigenvalue weighted by molar-refractivity contribution is 5.98. The molecule has 5 nitrogen and oxygen atoms in total. The van der Waals surface area contributed by atoms with Crippen LogP contribution in [0.4, 0.5) is 0 Å². The van der Waals surface area contributed by atoms with Crippen molar-refractivity contribution in [1.29, 1.82) is 0 Å². The van der Waals surface area contributed by atoms with E-state index in [1.807, 2.05) is 42.5 Å². The molecule has 0 saturated heterocycles. The van der Waals surface area contributed by atoms with E-state index in [2.05, 4.69) is 11.4 Å². The van der Waals surface area contributed by atoms with Crippen molar-refractivity contribution in [2.24, 2.45) is 0 Å². The number of amides is 1. The predicted molar refractivity (Wildman–Crippen MR) is 125 cm³/mol. The van der Waals surface area contributed by atoms with Gasteiger partial charge in [-0.1, -0.05) is 42.5 Å². The summed E-state index contributed by atoms with van der Waals surface area (Å²) in [4.78, 5) is 36.6. The van der Waals surface area contributed by atoms with Crippen LogP contribution in [0, 0.1) is 0 Å². The Kier molecular flexibility index (Phi) is 6.95. The Morgan fingerprint density at radius 3 is 2.38 bits per heavy atom. The Hall–Kier alpha value is -3.47. The zero-order chi connectivity index (χ0) is 22.3. The zero-order valence-electron chi connectivity index (χ0n) is 18.2. The van der Waals surface area contributed by atoms with Crippen LogP contribution in [0.3, 0.4) is 0 Å². The number of ketones is 1. The minimum atomic E-state index is -0.128.